The summed E-state index contributed by atoms with van der Waals surface area (Å²) in [6.45, 7) is 6.50. The van der Waals surface area contributed by atoms with Crippen LogP contribution in [0.15, 0.2) is 158 Å². The molecule has 446 valence electrons. The highest BCUT2D eigenvalue weighted by atomic mass is 31.2. The molecule has 0 saturated carbocycles. The summed E-state index contributed by atoms with van der Waals surface area (Å²) in [5.41, 5.74) is 0. The highest BCUT2D eigenvalue weighted by molar-refractivity contribution is 7.45. The summed E-state index contributed by atoms with van der Waals surface area (Å²) in [5, 5.41) is 2.96. The predicted molar refractivity (Wildman–Crippen MR) is 339 cm³/mol. The molecule has 0 aliphatic heterocycles. The van der Waals surface area contributed by atoms with Gasteiger partial charge in [0.2, 0.25) is 5.91 Å². The zero-order valence-electron chi connectivity index (χ0n) is 50.8. The SMILES string of the molecule is CC/C=C\C/C=C\C/C=C\C/C=C\C/C=C\C/C=C\CCCCCCC(=O)OC(/C=C/CCCCCCCCCCC)C(COP(=O)([O-])OCC[N+](C)(C)C)NC(=O)CC/C=C\C/C=C\C/C=C\C/C=C\C/C=C\C/C=C\CC. The first-order valence-electron chi connectivity index (χ1n) is 30.8. The van der Waals surface area contributed by atoms with Gasteiger partial charge in [0.25, 0.3) is 7.82 Å². The van der Waals surface area contributed by atoms with Crippen molar-refractivity contribution in [3.63, 3.8) is 0 Å². The number of phosphoric acid groups is 1. The van der Waals surface area contributed by atoms with Gasteiger partial charge in [-0.25, -0.2) is 0 Å². The molecule has 1 N–H and O–H groups in total. The molecule has 0 aliphatic carbocycles. The van der Waals surface area contributed by atoms with Gasteiger partial charge in [-0.3, -0.25) is 14.2 Å². The molecule has 79 heavy (non-hydrogen) atoms. The van der Waals surface area contributed by atoms with E-state index in [9.17, 15) is 19.0 Å². The summed E-state index contributed by atoms with van der Waals surface area (Å²) < 4.78 is 30.2. The van der Waals surface area contributed by atoms with Crippen LogP contribution in [0.5, 0.6) is 0 Å². The molecular formula is C69H113N2O7P. The largest absolute Gasteiger partial charge is 0.756 e. The third-order valence-electron chi connectivity index (χ3n) is 12.5. The topological polar surface area (TPSA) is 114 Å². The van der Waals surface area contributed by atoms with Gasteiger partial charge in [-0.05, 0) is 122 Å². The molecule has 0 fully saturated rings. The van der Waals surface area contributed by atoms with Gasteiger partial charge < -0.3 is 28.5 Å². The number of allylic oxidation sites excluding steroid dienone is 25. The minimum Gasteiger partial charge on any atom is -0.756 e. The molecule has 0 radical (unpaired) electrons. The number of unbranched alkanes of at least 4 members (excludes halogenated alkanes) is 13. The number of nitrogens with zero attached hydrogens (tertiary/aromatic N) is 1. The minimum atomic E-state index is -4.74. The van der Waals surface area contributed by atoms with Crippen molar-refractivity contribution in [2.24, 2.45) is 0 Å². The molecule has 0 rings (SSSR count). The smallest absolute Gasteiger partial charge is 0.306 e. The standard InChI is InChI=1S/C69H113N2O7P/c1-7-10-13-16-19-22-25-27-29-31-33-34-35-36-38-40-42-44-47-50-53-56-59-62-69(73)78-67(60-57-54-51-48-45-24-21-18-15-12-9-3)66(65-77-79(74,75)76-64-63-71(4,5)6)70-68(72)61-58-55-52-49-46-43-41-39-37-32-30-28-26-23-20-17-14-11-8-2/h10-11,13-14,19-20,22-23,27-30,33-34,36-39,42-44,46,52,55,57,60,66-67H,7-9,12,15-18,21,24-26,31-32,35,40-41,45,47-51,53-54,56,58-59,61-65H2,1-6H3,(H-,70,72,74,75)/b13-10-,14-11-,22-19-,23-20-,29-27-,30-28-,34-33-,38-36-,39-37-,44-42-,46-43-,55-52-,60-57+. The van der Waals surface area contributed by atoms with Crippen molar-refractivity contribution in [3.8, 4) is 0 Å². The lowest BCUT2D eigenvalue weighted by Gasteiger charge is -2.30. The molecule has 0 spiro atoms. The van der Waals surface area contributed by atoms with E-state index in [0.717, 1.165) is 122 Å². The number of carbonyl (C=O) groups is 2. The van der Waals surface area contributed by atoms with Crippen molar-refractivity contribution in [1.29, 1.82) is 0 Å². The fourth-order valence-electron chi connectivity index (χ4n) is 7.78. The Morgan fingerprint density at radius 3 is 1.24 bits per heavy atom. The lowest BCUT2D eigenvalue weighted by molar-refractivity contribution is -0.870. The minimum absolute atomic E-state index is 0.0499. The van der Waals surface area contributed by atoms with Crippen LogP contribution in [0.25, 0.3) is 0 Å². The van der Waals surface area contributed by atoms with Crippen molar-refractivity contribution in [1.82, 2.24) is 5.32 Å². The first kappa shape index (κ1) is 74.6. The molecule has 0 bridgehead atoms. The first-order valence-corrected chi connectivity index (χ1v) is 32.3. The van der Waals surface area contributed by atoms with Crippen LogP contribution in [0, 0.1) is 0 Å². The molecule has 0 aromatic rings. The molecule has 0 aromatic carbocycles. The Morgan fingerprint density at radius 2 is 0.823 bits per heavy atom. The van der Waals surface area contributed by atoms with Crippen molar-refractivity contribution >= 4 is 19.7 Å². The Balaban J connectivity index is 5.40. The van der Waals surface area contributed by atoms with E-state index in [2.05, 4.69) is 160 Å². The quantitative estimate of drug-likeness (QED) is 0.0212. The Hall–Kier alpha value is -4.37. The molecule has 1 amide bonds. The van der Waals surface area contributed by atoms with Crippen LogP contribution >= 0.6 is 7.82 Å². The number of hydrogen-bond acceptors (Lipinski definition) is 7. The number of likely N-dealkylation sites (N-methyl/N-ethyl adjacent to an activating group) is 1. The summed E-state index contributed by atoms with van der Waals surface area (Å²) in [6.07, 6.45) is 83.8. The van der Waals surface area contributed by atoms with E-state index in [4.69, 9.17) is 13.8 Å². The van der Waals surface area contributed by atoms with Gasteiger partial charge in [0.05, 0.1) is 33.8 Å². The Morgan fingerprint density at radius 1 is 0.456 bits per heavy atom. The maximum absolute atomic E-state index is 13.5. The van der Waals surface area contributed by atoms with Gasteiger partial charge in [-0.2, -0.15) is 0 Å². The second-order valence-corrected chi connectivity index (χ2v) is 22.5. The van der Waals surface area contributed by atoms with Crippen LogP contribution in [0.4, 0.5) is 0 Å². The van der Waals surface area contributed by atoms with Crippen molar-refractivity contribution < 1.29 is 37.3 Å². The van der Waals surface area contributed by atoms with E-state index in [-0.39, 0.29) is 25.4 Å². The second-order valence-electron chi connectivity index (χ2n) is 21.1. The number of carbonyl (C=O) groups excluding carboxylic acids is 2. The average Bonchev–Trinajstić information content (AvgIpc) is 3.41. The van der Waals surface area contributed by atoms with Gasteiger partial charge in [0, 0.05) is 12.8 Å². The third kappa shape index (κ3) is 58.1. The van der Waals surface area contributed by atoms with Gasteiger partial charge in [-0.1, -0.05) is 237 Å². The number of esters is 1. The van der Waals surface area contributed by atoms with Crippen LogP contribution < -0.4 is 10.2 Å². The lowest BCUT2D eigenvalue weighted by Crippen LogP contribution is -2.47. The highest BCUT2D eigenvalue weighted by Gasteiger charge is 2.27. The molecule has 9 nitrogen and oxygen atoms in total. The summed E-state index contributed by atoms with van der Waals surface area (Å²) in [6, 6.07) is -0.952. The van der Waals surface area contributed by atoms with Crippen LogP contribution in [0.3, 0.4) is 0 Å². The lowest BCUT2D eigenvalue weighted by atomic mass is 10.1. The number of ether oxygens (including phenoxy) is 1. The van der Waals surface area contributed by atoms with Crippen LogP contribution in [0.2, 0.25) is 0 Å². The normalized spacial score (nSPS) is 14.8. The predicted octanol–water partition coefficient (Wildman–Crippen LogP) is 18.6. The first-order chi connectivity index (χ1) is 38.4. The molecule has 3 atom stereocenters. The summed E-state index contributed by atoms with van der Waals surface area (Å²) >= 11 is 0. The number of phosphoric ester groups is 1. The van der Waals surface area contributed by atoms with Crippen molar-refractivity contribution in [3.05, 3.63) is 158 Å². The van der Waals surface area contributed by atoms with Gasteiger partial charge in [0.15, 0.2) is 0 Å². The zero-order chi connectivity index (χ0) is 57.9. The Kier molecular flexibility index (Phi) is 53.7. The van der Waals surface area contributed by atoms with Crippen LogP contribution in [0.1, 0.15) is 213 Å². The van der Waals surface area contributed by atoms with E-state index in [1.165, 1.54) is 44.9 Å². The van der Waals surface area contributed by atoms with Gasteiger partial charge in [-0.15, -0.1) is 0 Å². The average molecular weight is 1110 g/mol. The van der Waals surface area contributed by atoms with E-state index >= 15 is 0 Å². The summed E-state index contributed by atoms with van der Waals surface area (Å²) in [5.74, 6) is -0.684. The number of nitrogens with one attached hydrogen (secondary N) is 1. The maximum atomic E-state index is 13.5. The Labute approximate surface area is 484 Å². The van der Waals surface area contributed by atoms with Crippen molar-refractivity contribution in [2.45, 2.75) is 226 Å². The number of hydrogen-bond donors (Lipinski definition) is 1. The maximum Gasteiger partial charge on any atom is 0.306 e. The molecule has 0 aromatic heterocycles. The zero-order valence-corrected chi connectivity index (χ0v) is 51.6. The number of quaternary nitrogens is 1. The van der Waals surface area contributed by atoms with Gasteiger partial charge in [0.1, 0.15) is 19.3 Å². The third-order valence-corrected chi connectivity index (χ3v) is 13.4. The Bertz CT molecular complexity index is 1910. The van der Waals surface area contributed by atoms with Crippen LogP contribution in [-0.2, 0) is 27.9 Å². The van der Waals surface area contributed by atoms with E-state index in [0.29, 0.717) is 23.9 Å². The fourth-order valence-corrected chi connectivity index (χ4v) is 8.50. The number of amides is 1. The van der Waals surface area contributed by atoms with Crippen molar-refractivity contribution in [2.75, 3.05) is 40.9 Å². The molecule has 0 heterocycles. The molecule has 10 heteroatoms. The van der Waals surface area contributed by atoms with Crippen LogP contribution in [-0.4, -0.2) is 69.4 Å². The van der Waals surface area contributed by atoms with E-state index < -0.39 is 32.5 Å². The number of rotatable bonds is 53. The molecule has 3 unspecified atom stereocenters. The van der Waals surface area contributed by atoms with E-state index in [1.807, 2.05) is 39.4 Å². The fraction of sp³-hybridized carbons (Fsp3) is 0.594. The van der Waals surface area contributed by atoms with Gasteiger partial charge >= 0.3 is 5.97 Å². The highest BCUT2D eigenvalue weighted by Crippen LogP contribution is 2.38. The molecule has 0 saturated heterocycles. The summed E-state index contributed by atoms with van der Waals surface area (Å²) in [4.78, 5) is 39.9. The second kappa shape index (κ2) is 56.9. The summed E-state index contributed by atoms with van der Waals surface area (Å²) in [7, 11) is 1.10. The van der Waals surface area contributed by atoms with E-state index in [1.54, 1.807) is 6.08 Å². The monoisotopic (exact) mass is 1110 g/mol. The molecular weight excluding hydrogens is 1000 g/mol. The molecule has 0 aliphatic rings.